The lowest BCUT2D eigenvalue weighted by molar-refractivity contribution is 0.340. The molecule has 102 valence electrons. The van der Waals surface area contributed by atoms with Crippen LogP contribution in [-0.4, -0.2) is 20.8 Å². The lowest BCUT2D eigenvalue weighted by Gasteiger charge is -2.22. The van der Waals surface area contributed by atoms with Crippen LogP contribution in [0.4, 0.5) is 4.39 Å². The minimum absolute atomic E-state index is 0.0135. The molecule has 0 aromatic heterocycles. The summed E-state index contributed by atoms with van der Waals surface area (Å²) in [5.41, 5.74) is 6.32. The summed E-state index contributed by atoms with van der Waals surface area (Å²) in [4.78, 5) is 0. The average Bonchev–Trinajstić information content (AvgIpc) is 2.36. The molecule has 1 rings (SSSR count). The fourth-order valence-corrected chi connectivity index (χ4v) is 1.66. The third-order valence-corrected chi connectivity index (χ3v) is 3.18. The highest BCUT2D eigenvalue weighted by Gasteiger charge is 2.18. The molecular weight excluding hydrogens is 233 g/mol. The van der Waals surface area contributed by atoms with Gasteiger partial charge in [-0.1, -0.05) is 13.8 Å². The van der Waals surface area contributed by atoms with Crippen molar-refractivity contribution in [3.8, 4) is 11.5 Å². The Kier molecular flexibility index (Phi) is 4.96. The second-order valence-corrected chi connectivity index (χ2v) is 5.17. The van der Waals surface area contributed by atoms with Gasteiger partial charge in [-0.15, -0.1) is 0 Å². The summed E-state index contributed by atoms with van der Waals surface area (Å²) in [6.45, 7) is 4.74. The highest BCUT2D eigenvalue weighted by atomic mass is 19.1. The Morgan fingerprint density at radius 2 is 1.72 bits per heavy atom. The third-order valence-electron chi connectivity index (χ3n) is 3.18. The largest absolute Gasteiger partial charge is 0.493 e. The van der Waals surface area contributed by atoms with Gasteiger partial charge < -0.3 is 15.2 Å². The molecule has 0 aliphatic heterocycles. The van der Waals surface area contributed by atoms with Gasteiger partial charge in [-0.3, -0.25) is 0 Å². The molecule has 2 N–H and O–H groups in total. The smallest absolute Gasteiger partial charge is 0.163 e. The maximum Gasteiger partial charge on any atom is 0.163 e. The van der Waals surface area contributed by atoms with E-state index in [1.807, 2.05) is 0 Å². The molecule has 0 spiro atoms. The van der Waals surface area contributed by atoms with Crippen LogP contribution in [0.1, 0.15) is 25.8 Å². The zero-order valence-electron chi connectivity index (χ0n) is 11.5. The first-order valence-corrected chi connectivity index (χ1v) is 6.04. The summed E-state index contributed by atoms with van der Waals surface area (Å²) in [5.74, 6) is 0.705. The van der Waals surface area contributed by atoms with Gasteiger partial charge in [0.15, 0.2) is 11.5 Å². The fraction of sp³-hybridized carbons (Fsp3) is 0.571. The topological polar surface area (TPSA) is 44.5 Å². The Balaban J connectivity index is 2.89. The minimum atomic E-state index is -0.263. The van der Waals surface area contributed by atoms with E-state index in [4.69, 9.17) is 15.2 Å². The number of hydrogen-bond acceptors (Lipinski definition) is 3. The zero-order chi connectivity index (χ0) is 13.8. The molecule has 0 aliphatic carbocycles. The molecule has 0 aliphatic rings. The summed E-state index contributed by atoms with van der Waals surface area (Å²) in [5, 5.41) is 0. The van der Waals surface area contributed by atoms with E-state index in [0.717, 1.165) is 6.42 Å². The molecule has 0 amide bonds. The highest BCUT2D eigenvalue weighted by Crippen LogP contribution is 2.31. The van der Waals surface area contributed by atoms with E-state index in [2.05, 4.69) is 13.8 Å². The van der Waals surface area contributed by atoms with E-state index in [-0.39, 0.29) is 11.2 Å². The summed E-state index contributed by atoms with van der Waals surface area (Å²) >= 11 is 0. The summed E-state index contributed by atoms with van der Waals surface area (Å²) in [6, 6.07) is 3.06. The van der Waals surface area contributed by atoms with Crippen molar-refractivity contribution >= 4 is 0 Å². The van der Waals surface area contributed by atoms with Gasteiger partial charge in [-0.25, -0.2) is 4.39 Å². The van der Waals surface area contributed by atoms with Crippen LogP contribution in [0, 0.1) is 11.2 Å². The second-order valence-electron chi connectivity index (χ2n) is 5.17. The molecule has 4 heteroatoms. The van der Waals surface area contributed by atoms with Crippen molar-refractivity contribution in [1.82, 2.24) is 0 Å². The predicted octanol–water partition coefficient (Wildman–Crippen LogP) is 2.76. The van der Waals surface area contributed by atoms with Gasteiger partial charge in [0.05, 0.1) is 14.2 Å². The van der Waals surface area contributed by atoms with Crippen LogP contribution in [-0.2, 0) is 6.42 Å². The molecule has 0 heterocycles. The molecule has 0 fully saturated rings. The van der Waals surface area contributed by atoms with Gasteiger partial charge in [0, 0.05) is 6.07 Å². The first-order valence-electron chi connectivity index (χ1n) is 6.04. The van der Waals surface area contributed by atoms with E-state index in [1.165, 1.54) is 13.2 Å². The summed E-state index contributed by atoms with van der Waals surface area (Å²) in [6.07, 6.45) is 1.46. The monoisotopic (exact) mass is 255 g/mol. The maximum absolute atomic E-state index is 13.9. The van der Waals surface area contributed by atoms with Gasteiger partial charge in [0.1, 0.15) is 5.82 Å². The van der Waals surface area contributed by atoms with Gasteiger partial charge >= 0.3 is 0 Å². The van der Waals surface area contributed by atoms with Crippen LogP contribution >= 0.6 is 0 Å². The molecular formula is C14H22FNO2. The normalized spacial score (nSPS) is 11.4. The number of nitrogens with two attached hydrogens (primary N) is 1. The zero-order valence-corrected chi connectivity index (χ0v) is 11.5. The van der Waals surface area contributed by atoms with Crippen molar-refractivity contribution in [2.75, 3.05) is 20.8 Å². The van der Waals surface area contributed by atoms with Crippen LogP contribution in [0.25, 0.3) is 0 Å². The maximum atomic E-state index is 13.9. The van der Waals surface area contributed by atoms with E-state index >= 15 is 0 Å². The van der Waals surface area contributed by atoms with Crippen molar-refractivity contribution in [3.05, 3.63) is 23.5 Å². The summed E-state index contributed by atoms with van der Waals surface area (Å²) < 4.78 is 24.1. The molecule has 0 bridgehead atoms. The first kappa shape index (κ1) is 14.8. The first-order chi connectivity index (χ1) is 8.43. The number of hydrogen-bond donors (Lipinski definition) is 1. The molecule has 1 aromatic carbocycles. The van der Waals surface area contributed by atoms with E-state index in [1.54, 1.807) is 13.2 Å². The standard InChI is InChI=1S/C14H22FNO2/c1-14(2,9-16)6-5-10-7-12(17-3)13(18-4)8-11(10)15/h7-8H,5-6,9,16H2,1-4H3. The van der Waals surface area contributed by atoms with Crippen LogP contribution < -0.4 is 15.2 Å². The van der Waals surface area contributed by atoms with Crippen molar-refractivity contribution in [2.45, 2.75) is 26.7 Å². The van der Waals surface area contributed by atoms with E-state index < -0.39 is 0 Å². The quantitative estimate of drug-likeness (QED) is 0.850. The van der Waals surface area contributed by atoms with Crippen molar-refractivity contribution in [1.29, 1.82) is 0 Å². The molecule has 18 heavy (non-hydrogen) atoms. The molecule has 0 radical (unpaired) electrons. The third kappa shape index (κ3) is 3.60. The van der Waals surface area contributed by atoms with E-state index in [9.17, 15) is 4.39 Å². The Morgan fingerprint density at radius 1 is 1.17 bits per heavy atom. The lowest BCUT2D eigenvalue weighted by Crippen LogP contribution is -2.24. The number of benzene rings is 1. The Bertz CT molecular complexity index is 405. The molecule has 0 saturated carbocycles. The lowest BCUT2D eigenvalue weighted by atomic mass is 9.86. The van der Waals surface area contributed by atoms with Gasteiger partial charge in [0.25, 0.3) is 0 Å². The summed E-state index contributed by atoms with van der Waals surface area (Å²) in [7, 11) is 3.04. The second kappa shape index (κ2) is 6.05. The Hall–Kier alpha value is -1.29. The number of halogens is 1. The molecule has 1 aromatic rings. The SMILES string of the molecule is COc1cc(F)c(CCC(C)(C)CN)cc1OC. The van der Waals surface area contributed by atoms with Crippen molar-refractivity contribution < 1.29 is 13.9 Å². The van der Waals surface area contributed by atoms with Crippen LogP contribution in [0.15, 0.2) is 12.1 Å². The highest BCUT2D eigenvalue weighted by molar-refractivity contribution is 5.43. The predicted molar refractivity (Wildman–Crippen MR) is 70.7 cm³/mol. The number of methoxy groups -OCH3 is 2. The fourth-order valence-electron chi connectivity index (χ4n) is 1.66. The Morgan fingerprint density at radius 3 is 2.22 bits per heavy atom. The molecule has 0 unspecified atom stereocenters. The van der Waals surface area contributed by atoms with Crippen LogP contribution in [0.3, 0.4) is 0 Å². The molecule has 0 atom stereocenters. The molecule has 0 saturated heterocycles. The van der Waals surface area contributed by atoms with Gasteiger partial charge in [-0.05, 0) is 36.4 Å². The van der Waals surface area contributed by atoms with Crippen molar-refractivity contribution in [3.63, 3.8) is 0 Å². The number of ether oxygens (including phenoxy) is 2. The van der Waals surface area contributed by atoms with Gasteiger partial charge in [0.2, 0.25) is 0 Å². The minimum Gasteiger partial charge on any atom is -0.493 e. The average molecular weight is 255 g/mol. The molecule has 3 nitrogen and oxygen atoms in total. The van der Waals surface area contributed by atoms with Crippen LogP contribution in [0.5, 0.6) is 11.5 Å². The Labute approximate surface area is 108 Å². The number of aryl methyl sites for hydroxylation is 1. The van der Waals surface area contributed by atoms with Gasteiger partial charge in [-0.2, -0.15) is 0 Å². The number of rotatable bonds is 6. The van der Waals surface area contributed by atoms with Crippen molar-refractivity contribution in [2.24, 2.45) is 11.1 Å². The van der Waals surface area contributed by atoms with Crippen LogP contribution in [0.2, 0.25) is 0 Å². The van der Waals surface area contributed by atoms with E-state index in [0.29, 0.717) is 30.0 Å².